The first-order chi connectivity index (χ1) is 7.84. The average molecular weight is 232 g/mol. The topological polar surface area (TPSA) is 38.7 Å². The van der Waals surface area contributed by atoms with E-state index in [9.17, 15) is 0 Å². The number of halogens is 1. The van der Waals surface area contributed by atoms with Gasteiger partial charge in [0.25, 0.3) is 0 Å². The molecule has 16 heavy (non-hydrogen) atoms. The Morgan fingerprint density at radius 2 is 2.12 bits per heavy atom. The summed E-state index contributed by atoms with van der Waals surface area (Å²) >= 11 is 5.73. The normalized spacial score (nSPS) is 18.4. The van der Waals surface area contributed by atoms with Gasteiger partial charge in [0, 0.05) is 12.1 Å². The van der Waals surface area contributed by atoms with Gasteiger partial charge in [0.15, 0.2) is 5.15 Å². The molecule has 0 amide bonds. The number of fused-ring (bicyclic) bond motifs is 1. The number of nitrogens with zero attached hydrogens (tertiary/aromatic N) is 3. The molecule has 0 saturated heterocycles. The molecule has 2 aromatic heterocycles. The van der Waals surface area contributed by atoms with Crippen molar-refractivity contribution in [3.63, 3.8) is 0 Å². The van der Waals surface area contributed by atoms with Gasteiger partial charge in [-0.25, -0.2) is 0 Å². The fraction of sp³-hybridized carbons (Fsp3) is 0.250. The Hall–Kier alpha value is -1.48. The molecule has 1 atom stereocenters. The van der Waals surface area contributed by atoms with E-state index in [1.54, 1.807) is 6.07 Å². The summed E-state index contributed by atoms with van der Waals surface area (Å²) in [6.45, 7) is 0. The quantitative estimate of drug-likeness (QED) is 0.757. The van der Waals surface area contributed by atoms with Gasteiger partial charge in [-0.3, -0.25) is 4.98 Å². The number of pyridine rings is 1. The van der Waals surface area contributed by atoms with Crippen LogP contribution < -0.4 is 0 Å². The molecule has 2 heterocycles. The van der Waals surface area contributed by atoms with Crippen LogP contribution in [0.4, 0.5) is 0 Å². The van der Waals surface area contributed by atoms with Crippen molar-refractivity contribution in [3.8, 4) is 0 Å². The lowest BCUT2D eigenvalue weighted by atomic mass is 10.0. The second kappa shape index (κ2) is 3.83. The summed E-state index contributed by atoms with van der Waals surface area (Å²) < 4.78 is 0. The van der Waals surface area contributed by atoms with E-state index in [0.717, 1.165) is 24.2 Å². The highest BCUT2D eigenvalue weighted by Gasteiger charge is 2.26. The van der Waals surface area contributed by atoms with Gasteiger partial charge in [-0.15, -0.1) is 5.10 Å². The Morgan fingerprint density at radius 1 is 1.19 bits per heavy atom. The molecule has 3 nitrogen and oxygen atoms in total. The molecule has 0 saturated carbocycles. The zero-order valence-corrected chi connectivity index (χ0v) is 9.35. The van der Waals surface area contributed by atoms with Gasteiger partial charge >= 0.3 is 0 Å². The summed E-state index contributed by atoms with van der Waals surface area (Å²) in [4.78, 5) is 4.44. The molecule has 3 rings (SSSR count). The van der Waals surface area contributed by atoms with Crippen LogP contribution in [0.3, 0.4) is 0 Å². The zero-order chi connectivity index (χ0) is 11.0. The van der Waals surface area contributed by atoms with Gasteiger partial charge in [0.1, 0.15) is 0 Å². The molecule has 1 unspecified atom stereocenters. The van der Waals surface area contributed by atoms with Crippen LogP contribution >= 0.6 is 11.6 Å². The van der Waals surface area contributed by atoms with E-state index in [-0.39, 0.29) is 5.92 Å². The number of hydrogen-bond acceptors (Lipinski definition) is 3. The van der Waals surface area contributed by atoms with Crippen LogP contribution in [0.2, 0.25) is 5.15 Å². The van der Waals surface area contributed by atoms with E-state index in [1.165, 1.54) is 5.56 Å². The third kappa shape index (κ3) is 1.57. The molecule has 1 aliphatic rings. The standard InChI is InChI=1S/C12H10ClN3/c13-11-6-5-10(15-16-11)9-4-3-8-2-1-7-14-12(8)9/h1-2,5-7,9H,3-4H2. The molecule has 0 radical (unpaired) electrons. The van der Waals surface area contributed by atoms with Gasteiger partial charge in [-0.2, -0.15) is 5.10 Å². The van der Waals surface area contributed by atoms with E-state index >= 15 is 0 Å². The molecule has 0 aromatic carbocycles. The lowest BCUT2D eigenvalue weighted by Gasteiger charge is -2.08. The van der Waals surface area contributed by atoms with Crippen molar-refractivity contribution in [3.05, 3.63) is 52.6 Å². The number of aromatic nitrogens is 3. The Bertz CT molecular complexity index is 510. The van der Waals surface area contributed by atoms with Crippen LogP contribution in [-0.4, -0.2) is 15.2 Å². The van der Waals surface area contributed by atoms with E-state index in [2.05, 4.69) is 21.2 Å². The first-order valence-electron chi connectivity index (χ1n) is 5.27. The lowest BCUT2D eigenvalue weighted by Crippen LogP contribution is -2.02. The van der Waals surface area contributed by atoms with Crippen molar-refractivity contribution in [2.45, 2.75) is 18.8 Å². The molecule has 2 aromatic rings. The highest BCUT2D eigenvalue weighted by Crippen LogP contribution is 2.35. The summed E-state index contributed by atoms with van der Waals surface area (Å²) in [6, 6.07) is 7.83. The molecule has 1 aliphatic carbocycles. The predicted molar refractivity (Wildman–Crippen MR) is 61.4 cm³/mol. The molecule has 0 aliphatic heterocycles. The Morgan fingerprint density at radius 3 is 2.94 bits per heavy atom. The van der Waals surface area contributed by atoms with E-state index in [0.29, 0.717) is 5.15 Å². The van der Waals surface area contributed by atoms with Crippen molar-refractivity contribution in [2.75, 3.05) is 0 Å². The molecule has 4 heteroatoms. The molecular formula is C12H10ClN3. The van der Waals surface area contributed by atoms with Crippen LogP contribution in [0.5, 0.6) is 0 Å². The fourth-order valence-corrected chi connectivity index (χ4v) is 2.31. The lowest BCUT2D eigenvalue weighted by molar-refractivity contribution is 0.726. The van der Waals surface area contributed by atoms with Crippen molar-refractivity contribution in [1.82, 2.24) is 15.2 Å². The minimum Gasteiger partial charge on any atom is -0.260 e. The van der Waals surface area contributed by atoms with Gasteiger partial charge < -0.3 is 0 Å². The van der Waals surface area contributed by atoms with Crippen LogP contribution in [0.25, 0.3) is 0 Å². The average Bonchev–Trinajstić information content (AvgIpc) is 2.74. The van der Waals surface area contributed by atoms with Gasteiger partial charge in [0.05, 0.1) is 11.4 Å². The smallest absolute Gasteiger partial charge is 0.151 e. The van der Waals surface area contributed by atoms with Crippen LogP contribution in [0.1, 0.15) is 29.3 Å². The van der Waals surface area contributed by atoms with Gasteiger partial charge in [-0.05, 0) is 36.6 Å². The summed E-state index contributed by atoms with van der Waals surface area (Å²) in [6.07, 6.45) is 3.96. The monoisotopic (exact) mass is 231 g/mol. The molecule has 0 bridgehead atoms. The Kier molecular flexibility index (Phi) is 2.33. The Labute approximate surface area is 98.5 Å². The van der Waals surface area contributed by atoms with E-state index in [1.807, 2.05) is 18.3 Å². The highest BCUT2D eigenvalue weighted by atomic mass is 35.5. The van der Waals surface area contributed by atoms with E-state index in [4.69, 9.17) is 11.6 Å². The first kappa shape index (κ1) is 9.73. The third-order valence-corrected chi connectivity index (χ3v) is 3.17. The maximum atomic E-state index is 5.73. The van der Waals surface area contributed by atoms with Crippen LogP contribution in [0.15, 0.2) is 30.5 Å². The largest absolute Gasteiger partial charge is 0.260 e. The summed E-state index contributed by atoms with van der Waals surface area (Å²) in [5, 5.41) is 8.45. The number of hydrogen-bond donors (Lipinski definition) is 0. The van der Waals surface area contributed by atoms with Crippen molar-refractivity contribution in [2.24, 2.45) is 0 Å². The van der Waals surface area contributed by atoms with Gasteiger partial charge in [-0.1, -0.05) is 17.7 Å². The molecule has 0 spiro atoms. The van der Waals surface area contributed by atoms with Crippen molar-refractivity contribution in [1.29, 1.82) is 0 Å². The van der Waals surface area contributed by atoms with Crippen molar-refractivity contribution < 1.29 is 0 Å². The second-order valence-corrected chi connectivity index (χ2v) is 4.31. The molecular weight excluding hydrogens is 222 g/mol. The van der Waals surface area contributed by atoms with Crippen molar-refractivity contribution >= 4 is 11.6 Å². The predicted octanol–water partition coefficient (Wildman–Crippen LogP) is 2.60. The zero-order valence-electron chi connectivity index (χ0n) is 8.60. The maximum absolute atomic E-state index is 5.73. The third-order valence-electron chi connectivity index (χ3n) is 2.97. The van der Waals surface area contributed by atoms with E-state index < -0.39 is 0 Å². The second-order valence-electron chi connectivity index (χ2n) is 3.92. The van der Waals surface area contributed by atoms with Crippen LogP contribution in [-0.2, 0) is 6.42 Å². The summed E-state index contributed by atoms with van der Waals surface area (Å²) in [5.74, 6) is 0.279. The van der Waals surface area contributed by atoms with Gasteiger partial charge in [0.2, 0.25) is 0 Å². The van der Waals surface area contributed by atoms with Crippen LogP contribution in [0, 0.1) is 0 Å². The molecule has 80 valence electrons. The first-order valence-corrected chi connectivity index (χ1v) is 5.65. The minimum atomic E-state index is 0.279. The summed E-state index contributed by atoms with van der Waals surface area (Å²) in [7, 11) is 0. The fourth-order valence-electron chi connectivity index (χ4n) is 2.21. The SMILES string of the molecule is Clc1ccc(C2CCc3cccnc32)nn1. The number of rotatable bonds is 1. The highest BCUT2D eigenvalue weighted by molar-refractivity contribution is 6.29. The minimum absolute atomic E-state index is 0.279. The summed E-state index contributed by atoms with van der Waals surface area (Å²) in [5.41, 5.74) is 3.42. The number of aryl methyl sites for hydroxylation is 1. The maximum Gasteiger partial charge on any atom is 0.151 e. The Balaban J connectivity index is 2.01. The molecule has 0 N–H and O–H groups in total. The molecule has 0 fully saturated rings.